The van der Waals surface area contributed by atoms with Crippen molar-refractivity contribution in [1.29, 1.82) is 0 Å². The molecule has 0 aliphatic carbocycles. The zero-order chi connectivity index (χ0) is 16.1. The number of phenolic OH excluding ortho intramolecular Hbond substituents is 2. The van der Waals surface area contributed by atoms with Crippen LogP contribution in [0.15, 0.2) is 49.1 Å². The van der Waals surface area contributed by atoms with Gasteiger partial charge in [0.1, 0.15) is 11.5 Å². The molecule has 0 spiro atoms. The zero-order valence-electron chi connectivity index (χ0n) is 13.3. The molecule has 22 heavy (non-hydrogen) atoms. The summed E-state index contributed by atoms with van der Waals surface area (Å²) in [6.45, 7) is 8.14. The van der Waals surface area contributed by atoms with Crippen LogP contribution in [-0.4, -0.2) is 10.2 Å². The maximum atomic E-state index is 10.2. The molecule has 2 heteroatoms. The number of hydrogen-bond donors (Lipinski definition) is 2. The highest BCUT2D eigenvalue weighted by Crippen LogP contribution is 2.37. The van der Waals surface area contributed by atoms with Crippen LogP contribution >= 0.6 is 0 Å². The van der Waals surface area contributed by atoms with E-state index in [0.29, 0.717) is 17.0 Å². The van der Waals surface area contributed by atoms with E-state index in [0.717, 1.165) is 24.8 Å². The molecule has 0 aliphatic rings. The summed E-state index contributed by atoms with van der Waals surface area (Å²) in [5, 5.41) is 20.4. The van der Waals surface area contributed by atoms with E-state index >= 15 is 0 Å². The van der Waals surface area contributed by atoms with Crippen molar-refractivity contribution in [1.82, 2.24) is 0 Å². The van der Waals surface area contributed by atoms with Gasteiger partial charge in [-0.1, -0.05) is 38.5 Å². The first-order valence-corrected chi connectivity index (χ1v) is 7.80. The Morgan fingerprint density at radius 1 is 1.00 bits per heavy atom. The van der Waals surface area contributed by atoms with Crippen LogP contribution in [0.25, 0.3) is 11.1 Å². The lowest BCUT2D eigenvalue weighted by molar-refractivity contribution is 0.468. The van der Waals surface area contributed by atoms with E-state index in [1.807, 2.05) is 30.3 Å². The Labute approximate surface area is 132 Å². The molecule has 0 heterocycles. The third-order valence-electron chi connectivity index (χ3n) is 4.07. The summed E-state index contributed by atoms with van der Waals surface area (Å²) in [6.07, 6.45) is 4.66. The lowest BCUT2D eigenvalue weighted by Crippen LogP contribution is -1.98. The van der Waals surface area contributed by atoms with Crippen LogP contribution in [0, 0.1) is 5.92 Å². The van der Waals surface area contributed by atoms with E-state index in [4.69, 9.17) is 0 Å². The van der Waals surface area contributed by atoms with Gasteiger partial charge in [-0.15, -0.1) is 6.58 Å². The molecule has 1 unspecified atom stereocenters. The predicted molar refractivity (Wildman–Crippen MR) is 92.3 cm³/mol. The van der Waals surface area contributed by atoms with Crippen LogP contribution in [0.2, 0.25) is 0 Å². The highest BCUT2D eigenvalue weighted by Gasteiger charge is 2.12. The van der Waals surface area contributed by atoms with E-state index in [9.17, 15) is 10.2 Å². The van der Waals surface area contributed by atoms with Crippen molar-refractivity contribution in [2.24, 2.45) is 5.92 Å². The minimum Gasteiger partial charge on any atom is -0.507 e. The fraction of sp³-hybridized carbons (Fsp3) is 0.300. The van der Waals surface area contributed by atoms with Gasteiger partial charge in [0.15, 0.2) is 0 Å². The average Bonchev–Trinajstić information content (AvgIpc) is 2.51. The third-order valence-corrected chi connectivity index (χ3v) is 4.07. The second-order valence-electron chi connectivity index (χ2n) is 5.91. The molecule has 0 bridgehead atoms. The normalized spacial score (nSPS) is 12.1. The van der Waals surface area contributed by atoms with Gasteiger partial charge in [0.05, 0.1) is 0 Å². The number of allylic oxidation sites excluding steroid dienone is 1. The Hall–Kier alpha value is -2.22. The fourth-order valence-electron chi connectivity index (χ4n) is 2.57. The number of rotatable bonds is 6. The first-order valence-electron chi connectivity index (χ1n) is 7.80. The van der Waals surface area contributed by atoms with E-state index < -0.39 is 0 Å². The summed E-state index contributed by atoms with van der Waals surface area (Å²) in [5.41, 5.74) is 3.59. The molecule has 2 N–H and O–H groups in total. The minimum absolute atomic E-state index is 0.184. The van der Waals surface area contributed by atoms with E-state index in [-0.39, 0.29) is 11.5 Å². The third kappa shape index (κ3) is 3.70. The molecule has 0 aliphatic heterocycles. The van der Waals surface area contributed by atoms with Crippen molar-refractivity contribution < 1.29 is 10.2 Å². The van der Waals surface area contributed by atoms with Crippen molar-refractivity contribution in [3.8, 4) is 22.6 Å². The zero-order valence-corrected chi connectivity index (χ0v) is 13.3. The molecule has 2 nitrogen and oxygen atoms in total. The largest absolute Gasteiger partial charge is 0.507 e. The topological polar surface area (TPSA) is 40.5 Å². The summed E-state index contributed by atoms with van der Waals surface area (Å²) >= 11 is 0. The highest BCUT2D eigenvalue weighted by molar-refractivity contribution is 5.76. The standard InChI is InChI=1S/C20H24O2/c1-4-6-15-7-9-19(21)17(12-15)18-13-16(8-10-20(18)22)11-14(3)5-2/h4,7-10,12-14,21-22H,1,5-6,11H2,2-3H3. The lowest BCUT2D eigenvalue weighted by Gasteiger charge is -2.13. The first-order chi connectivity index (χ1) is 10.5. The van der Waals surface area contributed by atoms with Crippen molar-refractivity contribution in [2.75, 3.05) is 0 Å². The highest BCUT2D eigenvalue weighted by atomic mass is 16.3. The van der Waals surface area contributed by atoms with Gasteiger partial charge < -0.3 is 10.2 Å². The Morgan fingerprint density at radius 3 is 2.09 bits per heavy atom. The van der Waals surface area contributed by atoms with Gasteiger partial charge >= 0.3 is 0 Å². The Balaban J connectivity index is 2.44. The van der Waals surface area contributed by atoms with Gasteiger partial charge in [0.2, 0.25) is 0 Å². The molecule has 0 radical (unpaired) electrons. The summed E-state index contributed by atoms with van der Waals surface area (Å²) in [4.78, 5) is 0. The molecular weight excluding hydrogens is 272 g/mol. The predicted octanol–water partition coefficient (Wildman–Crippen LogP) is 5.08. The van der Waals surface area contributed by atoms with Gasteiger partial charge in [0, 0.05) is 11.1 Å². The van der Waals surface area contributed by atoms with Crippen LogP contribution in [0.5, 0.6) is 11.5 Å². The maximum Gasteiger partial charge on any atom is 0.123 e. The Bertz CT molecular complexity index is 659. The quantitative estimate of drug-likeness (QED) is 0.730. The van der Waals surface area contributed by atoms with Crippen molar-refractivity contribution in [2.45, 2.75) is 33.1 Å². The van der Waals surface area contributed by atoms with Gasteiger partial charge in [-0.3, -0.25) is 0 Å². The van der Waals surface area contributed by atoms with Crippen molar-refractivity contribution in [3.05, 3.63) is 60.2 Å². The second kappa shape index (κ2) is 7.17. The minimum atomic E-state index is 0.184. The molecule has 2 rings (SSSR count). The Kier molecular flexibility index (Phi) is 5.26. The van der Waals surface area contributed by atoms with E-state index in [1.54, 1.807) is 12.1 Å². The summed E-state index contributed by atoms with van der Waals surface area (Å²) < 4.78 is 0. The number of benzene rings is 2. The second-order valence-corrected chi connectivity index (χ2v) is 5.91. The molecule has 0 fully saturated rings. The van der Waals surface area contributed by atoms with E-state index in [2.05, 4.69) is 20.4 Å². The van der Waals surface area contributed by atoms with E-state index in [1.165, 1.54) is 5.56 Å². The molecule has 0 aromatic heterocycles. The molecule has 0 saturated heterocycles. The SMILES string of the molecule is C=CCc1ccc(O)c(-c2cc(CC(C)CC)ccc2O)c1. The van der Waals surface area contributed by atoms with Gasteiger partial charge in [-0.2, -0.15) is 0 Å². The van der Waals surface area contributed by atoms with Crippen LogP contribution < -0.4 is 0 Å². The summed E-state index contributed by atoms with van der Waals surface area (Å²) in [7, 11) is 0. The number of phenols is 2. The smallest absolute Gasteiger partial charge is 0.123 e. The fourth-order valence-corrected chi connectivity index (χ4v) is 2.57. The maximum absolute atomic E-state index is 10.2. The summed E-state index contributed by atoms with van der Waals surface area (Å²) in [5.74, 6) is 0.973. The number of hydrogen-bond acceptors (Lipinski definition) is 2. The van der Waals surface area contributed by atoms with Gasteiger partial charge in [-0.05, 0) is 54.2 Å². The molecule has 116 valence electrons. The average molecular weight is 296 g/mol. The summed E-state index contributed by atoms with van der Waals surface area (Å²) in [6, 6.07) is 11.1. The molecular formula is C20H24O2. The molecule has 0 amide bonds. The molecule has 2 aromatic carbocycles. The van der Waals surface area contributed by atoms with Crippen LogP contribution in [0.4, 0.5) is 0 Å². The van der Waals surface area contributed by atoms with Crippen LogP contribution in [-0.2, 0) is 12.8 Å². The molecule has 0 saturated carbocycles. The van der Waals surface area contributed by atoms with Crippen LogP contribution in [0.3, 0.4) is 0 Å². The molecule has 2 aromatic rings. The Morgan fingerprint density at radius 2 is 1.55 bits per heavy atom. The first kappa shape index (κ1) is 16.2. The van der Waals surface area contributed by atoms with Crippen molar-refractivity contribution >= 4 is 0 Å². The monoisotopic (exact) mass is 296 g/mol. The number of aromatic hydroxyl groups is 2. The van der Waals surface area contributed by atoms with Crippen LogP contribution in [0.1, 0.15) is 31.4 Å². The van der Waals surface area contributed by atoms with Gasteiger partial charge in [-0.25, -0.2) is 0 Å². The lowest BCUT2D eigenvalue weighted by atomic mass is 9.94. The van der Waals surface area contributed by atoms with Crippen molar-refractivity contribution in [3.63, 3.8) is 0 Å². The molecule has 1 atom stereocenters. The van der Waals surface area contributed by atoms with Gasteiger partial charge in [0.25, 0.3) is 0 Å².